The Labute approximate surface area is 117 Å². The van der Waals surface area contributed by atoms with Crippen LogP contribution >= 0.6 is 11.8 Å². The second-order valence-electron chi connectivity index (χ2n) is 6.34. The zero-order valence-electron chi connectivity index (χ0n) is 11.0. The zero-order valence-corrected chi connectivity index (χ0v) is 11.8. The first kappa shape index (κ1) is 11.8. The Balaban J connectivity index is 1.50. The first-order valence-corrected chi connectivity index (χ1v) is 8.24. The Hall–Kier alpha value is -1.02. The highest BCUT2D eigenvalue weighted by Gasteiger charge is 2.43. The number of rotatable bonds is 6. The first-order valence-electron chi connectivity index (χ1n) is 7.26. The van der Waals surface area contributed by atoms with Gasteiger partial charge in [-0.2, -0.15) is 5.26 Å². The molecule has 1 heterocycles. The molecule has 0 N–H and O–H groups in total. The maximum Gasteiger partial charge on any atom is 0.191 e. The van der Waals surface area contributed by atoms with Gasteiger partial charge in [-0.25, -0.2) is 0 Å². The minimum Gasteiger partial charge on any atom is -0.303 e. The summed E-state index contributed by atoms with van der Waals surface area (Å²) in [6.45, 7) is 0. The molecule has 0 bridgehead atoms. The van der Waals surface area contributed by atoms with Crippen molar-refractivity contribution >= 4 is 11.8 Å². The molecule has 0 saturated heterocycles. The molecule has 0 atom stereocenters. The van der Waals surface area contributed by atoms with E-state index in [1.165, 1.54) is 44.3 Å². The van der Waals surface area contributed by atoms with E-state index in [-0.39, 0.29) is 0 Å². The van der Waals surface area contributed by atoms with Gasteiger partial charge in [-0.1, -0.05) is 11.8 Å². The molecule has 100 valence electrons. The van der Waals surface area contributed by atoms with Crippen LogP contribution in [0.15, 0.2) is 5.16 Å². The van der Waals surface area contributed by atoms with Crippen LogP contribution in [-0.4, -0.2) is 20.5 Å². The van der Waals surface area contributed by atoms with E-state index in [2.05, 4.69) is 20.8 Å². The molecule has 0 radical (unpaired) electrons. The summed E-state index contributed by atoms with van der Waals surface area (Å²) < 4.78 is 2.41. The second-order valence-corrected chi connectivity index (χ2v) is 7.28. The van der Waals surface area contributed by atoms with Gasteiger partial charge in [0, 0.05) is 24.1 Å². The molecule has 0 aliphatic heterocycles. The van der Waals surface area contributed by atoms with E-state index in [1.807, 2.05) is 11.8 Å². The van der Waals surface area contributed by atoms with Crippen LogP contribution in [0.3, 0.4) is 0 Å². The first-order chi connectivity index (χ1) is 9.31. The Bertz CT molecular complexity index is 532. The van der Waals surface area contributed by atoms with Gasteiger partial charge in [0.15, 0.2) is 5.16 Å². The van der Waals surface area contributed by atoms with Crippen molar-refractivity contribution in [2.45, 2.75) is 62.1 Å². The molecule has 3 aliphatic rings. The molecule has 3 fully saturated rings. The predicted octanol–water partition coefficient (Wildman–Crippen LogP) is 3.28. The Kier molecular flexibility index (Phi) is 2.63. The largest absolute Gasteiger partial charge is 0.303 e. The topological polar surface area (TPSA) is 54.5 Å². The van der Waals surface area contributed by atoms with Gasteiger partial charge in [0.2, 0.25) is 0 Å². The van der Waals surface area contributed by atoms with Gasteiger partial charge in [0.05, 0.1) is 6.07 Å². The molecular formula is C14H18N4S. The molecule has 0 spiro atoms. The Morgan fingerprint density at radius 3 is 2.63 bits per heavy atom. The van der Waals surface area contributed by atoms with Gasteiger partial charge in [-0.05, 0) is 43.9 Å². The van der Waals surface area contributed by atoms with Gasteiger partial charge in [0.1, 0.15) is 5.82 Å². The number of aromatic nitrogens is 3. The molecule has 1 aromatic rings. The Morgan fingerprint density at radius 1 is 1.26 bits per heavy atom. The van der Waals surface area contributed by atoms with Gasteiger partial charge < -0.3 is 4.57 Å². The number of hydrogen-bond donors (Lipinski definition) is 0. The molecule has 5 heteroatoms. The summed E-state index contributed by atoms with van der Waals surface area (Å²) in [5.74, 6) is 2.95. The third kappa shape index (κ3) is 2.27. The van der Waals surface area contributed by atoms with Gasteiger partial charge in [-0.15, -0.1) is 10.2 Å². The molecule has 0 aromatic carbocycles. The molecule has 4 nitrogen and oxygen atoms in total. The number of hydrogen-bond acceptors (Lipinski definition) is 4. The van der Waals surface area contributed by atoms with Crippen LogP contribution in [0.2, 0.25) is 0 Å². The summed E-state index contributed by atoms with van der Waals surface area (Å²) in [4.78, 5) is 0. The third-order valence-electron chi connectivity index (χ3n) is 4.46. The van der Waals surface area contributed by atoms with Crippen molar-refractivity contribution in [3.05, 3.63) is 5.82 Å². The van der Waals surface area contributed by atoms with Crippen molar-refractivity contribution < 1.29 is 0 Å². The number of nitriles is 1. The van der Waals surface area contributed by atoms with Crippen LogP contribution in [-0.2, 0) is 0 Å². The summed E-state index contributed by atoms with van der Waals surface area (Å²) in [7, 11) is 0. The SMILES string of the molecule is N#CCC1(CSc2nnc(C3CC3)n2C2CC2)CC1. The van der Waals surface area contributed by atoms with E-state index in [0.717, 1.165) is 10.9 Å². The van der Waals surface area contributed by atoms with E-state index < -0.39 is 0 Å². The molecule has 3 saturated carbocycles. The fraction of sp³-hybridized carbons (Fsp3) is 0.786. The minimum atomic E-state index is 0.291. The lowest BCUT2D eigenvalue weighted by Crippen LogP contribution is -2.06. The fourth-order valence-corrected chi connectivity index (χ4v) is 3.92. The van der Waals surface area contributed by atoms with Crippen molar-refractivity contribution in [2.75, 3.05) is 5.75 Å². The van der Waals surface area contributed by atoms with Crippen LogP contribution < -0.4 is 0 Å². The van der Waals surface area contributed by atoms with E-state index in [1.54, 1.807) is 0 Å². The van der Waals surface area contributed by atoms with Crippen molar-refractivity contribution in [3.63, 3.8) is 0 Å². The summed E-state index contributed by atoms with van der Waals surface area (Å²) in [5, 5.41) is 18.8. The van der Waals surface area contributed by atoms with Crippen LogP contribution in [0.5, 0.6) is 0 Å². The van der Waals surface area contributed by atoms with Crippen molar-refractivity contribution in [1.82, 2.24) is 14.8 Å². The predicted molar refractivity (Wildman–Crippen MR) is 72.9 cm³/mol. The highest BCUT2D eigenvalue weighted by molar-refractivity contribution is 7.99. The van der Waals surface area contributed by atoms with Gasteiger partial charge in [-0.3, -0.25) is 0 Å². The average Bonchev–Trinajstić information content (AvgIpc) is 3.26. The minimum absolute atomic E-state index is 0.291. The maximum absolute atomic E-state index is 8.88. The lowest BCUT2D eigenvalue weighted by Gasteiger charge is -2.11. The quantitative estimate of drug-likeness (QED) is 0.747. The van der Waals surface area contributed by atoms with Crippen LogP contribution in [0.4, 0.5) is 0 Å². The third-order valence-corrected chi connectivity index (χ3v) is 5.76. The van der Waals surface area contributed by atoms with Crippen LogP contribution in [0.1, 0.15) is 62.7 Å². The molecule has 1 aromatic heterocycles. The standard InChI is InChI=1S/C14H18N4S/c15-8-7-14(5-6-14)9-19-13-17-16-12(10-1-2-10)18(13)11-3-4-11/h10-11H,1-7,9H2. The van der Waals surface area contributed by atoms with E-state index in [4.69, 9.17) is 5.26 Å². The average molecular weight is 274 g/mol. The summed E-state index contributed by atoms with van der Waals surface area (Å²) >= 11 is 1.83. The second kappa shape index (κ2) is 4.24. The summed E-state index contributed by atoms with van der Waals surface area (Å²) in [5.41, 5.74) is 0.291. The van der Waals surface area contributed by atoms with E-state index in [9.17, 15) is 0 Å². The molecule has 4 rings (SSSR count). The van der Waals surface area contributed by atoms with Crippen molar-refractivity contribution in [2.24, 2.45) is 5.41 Å². The summed E-state index contributed by atoms with van der Waals surface area (Å²) in [6, 6.07) is 3.00. The monoisotopic (exact) mass is 274 g/mol. The lowest BCUT2D eigenvalue weighted by atomic mass is 10.1. The molecule has 19 heavy (non-hydrogen) atoms. The van der Waals surface area contributed by atoms with Crippen molar-refractivity contribution in [3.8, 4) is 6.07 Å². The molecule has 0 amide bonds. The van der Waals surface area contributed by atoms with Crippen LogP contribution in [0.25, 0.3) is 0 Å². The van der Waals surface area contributed by atoms with Crippen LogP contribution in [0, 0.1) is 16.7 Å². The smallest absolute Gasteiger partial charge is 0.191 e. The Morgan fingerprint density at radius 2 is 2.05 bits per heavy atom. The molecular weight excluding hydrogens is 256 g/mol. The van der Waals surface area contributed by atoms with E-state index >= 15 is 0 Å². The van der Waals surface area contributed by atoms with Crippen molar-refractivity contribution in [1.29, 1.82) is 5.26 Å². The maximum atomic E-state index is 8.88. The molecule has 0 unspecified atom stereocenters. The van der Waals surface area contributed by atoms with Gasteiger partial charge >= 0.3 is 0 Å². The van der Waals surface area contributed by atoms with Gasteiger partial charge in [0.25, 0.3) is 0 Å². The number of thioether (sulfide) groups is 1. The zero-order chi connectivity index (χ0) is 12.9. The number of nitrogens with zero attached hydrogens (tertiary/aromatic N) is 4. The highest BCUT2D eigenvalue weighted by Crippen LogP contribution is 2.52. The van der Waals surface area contributed by atoms with E-state index in [0.29, 0.717) is 23.8 Å². The highest BCUT2D eigenvalue weighted by atomic mass is 32.2. The normalized spacial score (nSPS) is 24.2. The fourth-order valence-electron chi connectivity index (χ4n) is 2.62. The lowest BCUT2D eigenvalue weighted by molar-refractivity contribution is 0.595. The molecule has 3 aliphatic carbocycles. The summed E-state index contributed by atoms with van der Waals surface area (Å²) in [6.07, 6.45) is 8.26.